The lowest BCUT2D eigenvalue weighted by atomic mass is 9.84. The smallest absolute Gasteiger partial charge is 0.227 e. The van der Waals surface area contributed by atoms with Gasteiger partial charge >= 0.3 is 0 Å². The van der Waals surface area contributed by atoms with Gasteiger partial charge in [-0.25, -0.2) is 9.67 Å². The summed E-state index contributed by atoms with van der Waals surface area (Å²) in [7, 11) is 0. The Morgan fingerprint density at radius 3 is 2.66 bits per heavy atom. The summed E-state index contributed by atoms with van der Waals surface area (Å²) in [4.78, 5) is 13.7. The van der Waals surface area contributed by atoms with Crippen molar-refractivity contribution in [3.05, 3.63) is 60.0 Å². The number of nitrogens with zero attached hydrogens (tertiary/aromatic N) is 6. The van der Waals surface area contributed by atoms with Crippen LogP contribution in [0.1, 0.15) is 30.5 Å². The minimum absolute atomic E-state index is 0.267. The van der Waals surface area contributed by atoms with Crippen LogP contribution >= 0.6 is 0 Å². The molecule has 1 atom stereocenters. The molecule has 8 nitrogen and oxygen atoms in total. The first-order chi connectivity index (χ1) is 15.7. The lowest BCUT2D eigenvalue weighted by molar-refractivity contribution is -0.0798. The second-order valence-corrected chi connectivity index (χ2v) is 8.97. The number of hydrogen-bond donors (Lipinski definition) is 1. The third-order valence-corrected chi connectivity index (χ3v) is 6.96. The normalized spacial score (nSPS) is 22.3. The van der Waals surface area contributed by atoms with Crippen molar-refractivity contribution in [2.24, 2.45) is 0 Å². The van der Waals surface area contributed by atoms with E-state index in [0.29, 0.717) is 6.54 Å². The number of anilines is 2. The number of fused-ring (bicyclic) bond motifs is 2. The summed E-state index contributed by atoms with van der Waals surface area (Å²) in [5.41, 5.74) is 3.12. The van der Waals surface area contributed by atoms with Crippen molar-refractivity contribution in [3.63, 3.8) is 0 Å². The van der Waals surface area contributed by atoms with E-state index in [-0.39, 0.29) is 11.7 Å². The van der Waals surface area contributed by atoms with E-state index in [1.165, 1.54) is 5.56 Å². The zero-order chi connectivity index (χ0) is 21.5. The van der Waals surface area contributed by atoms with Crippen molar-refractivity contribution < 1.29 is 9.84 Å². The first kappa shape index (κ1) is 19.7. The predicted octanol–water partition coefficient (Wildman–Crippen LogP) is 2.30. The van der Waals surface area contributed by atoms with E-state index in [1.54, 1.807) is 0 Å². The molecule has 0 radical (unpaired) electrons. The van der Waals surface area contributed by atoms with E-state index < -0.39 is 0 Å². The second kappa shape index (κ2) is 7.86. The maximum Gasteiger partial charge on any atom is 0.227 e. The molecule has 2 aromatic heterocycles. The van der Waals surface area contributed by atoms with Crippen molar-refractivity contribution in [1.29, 1.82) is 0 Å². The highest BCUT2D eigenvalue weighted by molar-refractivity contribution is 5.45. The molecule has 0 saturated carbocycles. The van der Waals surface area contributed by atoms with Crippen molar-refractivity contribution in [1.82, 2.24) is 19.7 Å². The number of aliphatic hydroxyl groups excluding tert-OH is 1. The van der Waals surface area contributed by atoms with Crippen molar-refractivity contribution in [2.75, 3.05) is 42.6 Å². The number of rotatable bonds is 3. The van der Waals surface area contributed by atoms with Gasteiger partial charge in [0.05, 0.1) is 24.1 Å². The van der Waals surface area contributed by atoms with Crippen molar-refractivity contribution in [2.45, 2.75) is 37.4 Å². The van der Waals surface area contributed by atoms with Gasteiger partial charge in [0, 0.05) is 38.6 Å². The van der Waals surface area contributed by atoms with Crippen LogP contribution in [0.3, 0.4) is 0 Å². The van der Waals surface area contributed by atoms with Crippen LogP contribution in [0.5, 0.6) is 0 Å². The molecular weight excluding hydrogens is 404 g/mol. The van der Waals surface area contributed by atoms with Crippen LogP contribution in [0.25, 0.3) is 5.69 Å². The van der Waals surface area contributed by atoms with E-state index in [2.05, 4.69) is 33.1 Å². The van der Waals surface area contributed by atoms with Gasteiger partial charge < -0.3 is 19.6 Å². The largest absolute Gasteiger partial charge is 0.391 e. The Balaban J connectivity index is 1.21. The van der Waals surface area contributed by atoms with Gasteiger partial charge in [0.1, 0.15) is 11.4 Å². The number of piperidine rings is 1. The number of β-amino-alcohol motifs (C(OH)–C–C–N with tert-alkyl or cyclic N) is 1. The van der Waals surface area contributed by atoms with Gasteiger partial charge in [-0.2, -0.15) is 10.1 Å². The molecule has 1 aromatic carbocycles. The van der Waals surface area contributed by atoms with Crippen LogP contribution in [-0.4, -0.2) is 63.7 Å². The summed E-state index contributed by atoms with van der Waals surface area (Å²) >= 11 is 0. The molecule has 3 aromatic rings. The number of ether oxygens (including phenoxy) is 1. The van der Waals surface area contributed by atoms with Gasteiger partial charge in [-0.15, -0.1) is 0 Å². The summed E-state index contributed by atoms with van der Waals surface area (Å²) in [6.07, 6.45) is 7.14. The fraction of sp³-hybridized carbons (Fsp3) is 0.458. The van der Waals surface area contributed by atoms with Gasteiger partial charge in [0.2, 0.25) is 5.95 Å². The van der Waals surface area contributed by atoms with Crippen LogP contribution < -0.4 is 9.80 Å². The highest BCUT2D eigenvalue weighted by atomic mass is 16.5. The Morgan fingerprint density at radius 1 is 1.03 bits per heavy atom. The van der Waals surface area contributed by atoms with E-state index in [1.807, 2.05) is 35.1 Å². The first-order valence-corrected chi connectivity index (χ1v) is 11.5. The highest BCUT2D eigenvalue weighted by Crippen LogP contribution is 2.41. The number of benzene rings is 1. The molecule has 32 heavy (non-hydrogen) atoms. The van der Waals surface area contributed by atoms with Gasteiger partial charge in [-0.3, -0.25) is 0 Å². The van der Waals surface area contributed by atoms with E-state index in [0.717, 1.165) is 75.1 Å². The summed E-state index contributed by atoms with van der Waals surface area (Å²) < 4.78 is 8.39. The van der Waals surface area contributed by atoms with E-state index in [4.69, 9.17) is 14.8 Å². The van der Waals surface area contributed by atoms with Crippen LogP contribution in [0.15, 0.2) is 48.8 Å². The number of aromatic nitrogens is 4. The molecule has 8 heteroatoms. The average Bonchev–Trinajstić information content (AvgIpc) is 3.48. The lowest BCUT2D eigenvalue weighted by Crippen LogP contribution is -2.47. The van der Waals surface area contributed by atoms with Crippen molar-refractivity contribution >= 4 is 11.8 Å². The third-order valence-electron chi connectivity index (χ3n) is 6.96. The number of hydrogen-bond acceptors (Lipinski definition) is 7. The van der Waals surface area contributed by atoms with Gasteiger partial charge in [0.15, 0.2) is 0 Å². The molecule has 1 unspecified atom stereocenters. The first-order valence-electron chi connectivity index (χ1n) is 11.5. The molecule has 3 aliphatic heterocycles. The van der Waals surface area contributed by atoms with Crippen LogP contribution in [0, 0.1) is 0 Å². The fourth-order valence-electron chi connectivity index (χ4n) is 5.18. The minimum atomic E-state index is -0.333. The molecule has 2 fully saturated rings. The maximum absolute atomic E-state index is 9.86. The van der Waals surface area contributed by atoms with Crippen molar-refractivity contribution in [3.8, 4) is 5.69 Å². The molecule has 5 heterocycles. The summed E-state index contributed by atoms with van der Waals surface area (Å²) in [6, 6.07) is 12.2. The lowest BCUT2D eigenvalue weighted by Gasteiger charge is -2.43. The Labute approximate surface area is 187 Å². The Hall–Kier alpha value is -2.97. The molecule has 2 saturated heterocycles. The summed E-state index contributed by atoms with van der Waals surface area (Å²) in [6.45, 7) is 3.85. The van der Waals surface area contributed by atoms with Gasteiger partial charge in [-0.1, -0.05) is 18.2 Å². The zero-order valence-corrected chi connectivity index (χ0v) is 18.1. The van der Waals surface area contributed by atoms with E-state index in [9.17, 15) is 5.11 Å². The average molecular weight is 433 g/mol. The summed E-state index contributed by atoms with van der Waals surface area (Å²) in [5.74, 6) is 1.65. The molecule has 1 N–H and O–H groups in total. The standard InChI is InChI=1S/C24H28N6O2/c31-20-7-12-29(17-20)21-6-11-25-23(26-21)28-13-9-24(10-14-28)22-18(8-15-32-24)16-30(27-22)19-4-2-1-3-5-19/h1-6,11,16,20,31H,7-10,12-15,17H2. The molecule has 1 spiro atoms. The topological polar surface area (TPSA) is 79.5 Å². The third kappa shape index (κ3) is 3.43. The van der Waals surface area contributed by atoms with Gasteiger partial charge in [0.25, 0.3) is 0 Å². The molecule has 0 bridgehead atoms. The quantitative estimate of drug-likeness (QED) is 0.680. The SMILES string of the molecule is OC1CCN(c2ccnc(N3CCC4(CC3)OCCc3cn(-c5ccccc5)nc34)n2)C1. The molecule has 0 amide bonds. The highest BCUT2D eigenvalue weighted by Gasteiger charge is 2.43. The molecule has 3 aliphatic rings. The zero-order valence-electron chi connectivity index (χ0n) is 18.1. The Kier molecular flexibility index (Phi) is 4.84. The fourth-order valence-corrected chi connectivity index (χ4v) is 5.18. The number of aliphatic hydroxyl groups is 1. The van der Waals surface area contributed by atoms with Crippen LogP contribution in [-0.2, 0) is 16.8 Å². The molecule has 166 valence electrons. The van der Waals surface area contributed by atoms with Crippen LogP contribution in [0.2, 0.25) is 0 Å². The maximum atomic E-state index is 9.86. The second-order valence-electron chi connectivity index (χ2n) is 8.97. The van der Waals surface area contributed by atoms with Crippen LogP contribution in [0.4, 0.5) is 11.8 Å². The summed E-state index contributed by atoms with van der Waals surface area (Å²) in [5, 5.41) is 14.8. The van der Waals surface area contributed by atoms with Gasteiger partial charge in [-0.05, 0) is 49.4 Å². The Bertz CT molecular complexity index is 1090. The predicted molar refractivity (Wildman–Crippen MR) is 121 cm³/mol. The monoisotopic (exact) mass is 432 g/mol. The molecule has 0 aliphatic carbocycles. The van der Waals surface area contributed by atoms with E-state index >= 15 is 0 Å². The number of para-hydroxylation sites is 1. The molecular formula is C24H28N6O2. The minimum Gasteiger partial charge on any atom is -0.391 e. The molecule has 6 rings (SSSR count). The Morgan fingerprint density at radius 2 is 1.88 bits per heavy atom.